The minimum atomic E-state index is -4.76. The normalized spacial score (nSPS) is 25.6. The van der Waals surface area contributed by atoms with Gasteiger partial charge < -0.3 is 20.1 Å². The van der Waals surface area contributed by atoms with Crippen molar-refractivity contribution in [1.82, 2.24) is 5.32 Å². The van der Waals surface area contributed by atoms with Crippen LogP contribution in [0.1, 0.15) is 122 Å². The van der Waals surface area contributed by atoms with Crippen molar-refractivity contribution in [2.24, 2.45) is 40.0 Å². The Balaban J connectivity index is 0.000000288. The number of fused-ring (bicyclic) bond motifs is 2. The Morgan fingerprint density at radius 1 is 1.04 bits per heavy atom. The molecule has 2 bridgehead atoms. The van der Waals surface area contributed by atoms with Crippen LogP contribution in [0.2, 0.25) is 0 Å². The second-order valence-corrected chi connectivity index (χ2v) is 14.8. The van der Waals surface area contributed by atoms with Gasteiger partial charge in [0.1, 0.15) is 11.6 Å². The van der Waals surface area contributed by atoms with E-state index in [0.29, 0.717) is 46.7 Å². The number of carbonyl (C=O) groups excluding carboxylic acids is 2. The first kappa shape index (κ1) is 45.7. The summed E-state index contributed by atoms with van der Waals surface area (Å²) in [5, 5.41) is 5.31. The fourth-order valence-electron chi connectivity index (χ4n) is 8.29. The highest BCUT2D eigenvalue weighted by atomic mass is 19.4. The predicted octanol–water partition coefficient (Wildman–Crippen LogP) is 11.2. The Labute approximate surface area is 315 Å². The molecular formula is C42H63F4N3O4. The molecule has 3 saturated carbocycles. The van der Waals surface area contributed by atoms with Gasteiger partial charge in [0.15, 0.2) is 0 Å². The maximum Gasteiger partial charge on any atom is 0.419 e. The maximum atomic E-state index is 13.0. The fourth-order valence-corrected chi connectivity index (χ4v) is 8.29. The number of ether oxygens (including phenoxy) is 2. The van der Waals surface area contributed by atoms with Crippen molar-refractivity contribution < 1.29 is 36.6 Å². The van der Waals surface area contributed by atoms with E-state index >= 15 is 0 Å². The molecule has 7 nitrogen and oxygen atoms in total. The largest absolute Gasteiger partial charge is 0.496 e. The van der Waals surface area contributed by atoms with Gasteiger partial charge in [0.25, 0.3) is 5.91 Å². The lowest BCUT2D eigenvalue weighted by Gasteiger charge is -2.45. The number of nitrogens with zero attached hydrogens (tertiary/aromatic N) is 1. The van der Waals surface area contributed by atoms with Crippen molar-refractivity contribution in [3.8, 4) is 5.75 Å². The molecule has 3 aliphatic rings. The standard InChI is InChI=1S/C20H28N2O2.C12H24O.C8H5F4NO.C2H6/c1-11(2)21-16-8-9-17(24-5)18(13(16)4)20(23)22-19-12(3)14-6-7-15(19)10-14;1-5-12(3)10(2)7-6-8-11(12)9-13-4;9-7-2-1-5(13-4-14)3-6(7)8(10,11)12;1-2/h8-9,12,14-15,19H,6-7,10H2,1-5H3,(H,22,23);10-11H,5-9H2,1-4H3;1-4H,(H,13,14);1-2H3. The summed E-state index contributed by atoms with van der Waals surface area (Å²) >= 11 is 0. The molecule has 2 amide bonds. The molecule has 2 N–H and O–H groups in total. The molecule has 7 unspecified atom stereocenters. The molecular weight excluding hydrogens is 686 g/mol. The molecule has 298 valence electrons. The third kappa shape index (κ3) is 11.8. The summed E-state index contributed by atoms with van der Waals surface area (Å²) < 4.78 is 59.8. The predicted molar refractivity (Wildman–Crippen MR) is 207 cm³/mol. The van der Waals surface area contributed by atoms with Crippen molar-refractivity contribution >= 4 is 29.4 Å². The number of halogens is 4. The van der Waals surface area contributed by atoms with E-state index in [4.69, 9.17) is 9.47 Å². The Morgan fingerprint density at radius 2 is 1.70 bits per heavy atom. The number of amides is 2. The molecule has 0 saturated heterocycles. The van der Waals surface area contributed by atoms with Gasteiger partial charge in [-0.2, -0.15) is 13.2 Å². The van der Waals surface area contributed by atoms with Crippen LogP contribution in [0.3, 0.4) is 0 Å². The number of aliphatic imine (C=N–C) groups is 1. The molecule has 2 aromatic carbocycles. The first-order valence-electron chi connectivity index (χ1n) is 19.1. The molecule has 3 fully saturated rings. The summed E-state index contributed by atoms with van der Waals surface area (Å²) in [5.74, 6) is 2.86. The van der Waals surface area contributed by atoms with Crippen LogP contribution in [0.15, 0.2) is 35.3 Å². The van der Waals surface area contributed by atoms with Gasteiger partial charge in [0.05, 0.1) is 23.9 Å². The van der Waals surface area contributed by atoms with E-state index in [1.807, 2.05) is 59.2 Å². The van der Waals surface area contributed by atoms with E-state index in [1.54, 1.807) is 7.11 Å². The molecule has 11 heteroatoms. The molecule has 7 atom stereocenters. The number of benzene rings is 2. The van der Waals surface area contributed by atoms with Gasteiger partial charge in [-0.05, 0) is 117 Å². The monoisotopic (exact) mass is 749 g/mol. The minimum Gasteiger partial charge on any atom is -0.496 e. The maximum absolute atomic E-state index is 13.0. The van der Waals surface area contributed by atoms with E-state index in [9.17, 15) is 27.2 Å². The van der Waals surface area contributed by atoms with Gasteiger partial charge in [-0.15, -0.1) is 0 Å². The number of carbonyl (C=O) groups is 2. The molecule has 0 aliphatic heterocycles. The van der Waals surface area contributed by atoms with Crippen molar-refractivity contribution in [2.75, 3.05) is 26.1 Å². The van der Waals surface area contributed by atoms with E-state index in [0.717, 1.165) is 47.4 Å². The number of hydrogen-bond acceptors (Lipinski definition) is 5. The van der Waals surface area contributed by atoms with Crippen LogP contribution in [0, 0.1) is 47.7 Å². The number of anilines is 1. The van der Waals surface area contributed by atoms with Crippen molar-refractivity contribution in [3.63, 3.8) is 0 Å². The zero-order valence-electron chi connectivity index (χ0n) is 33.7. The van der Waals surface area contributed by atoms with Crippen LogP contribution in [0.5, 0.6) is 5.75 Å². The Kier molecular flexibility index (Phi) is 18.0. The van der Waals surface area contributed by atoms with Gasteiger partial charge in [0.2, 0.25) is 6.41 Å². The van der Waals surface area contributed by atoms with E-state index in [-0.39, 0.29) is 18.0 Å². The molecule has 0 aromatic heterocycles. The number of alkyl halides is 3. The lowest BCUT2D eigenvalue weighted by molar-refractivity contribution is -0.140. The van der Waals surface area contributed by atoms with E-state index in [2.05, 4.69) is 38.0 Å². The number of rotatable bonds is 9. The zero-order valence-corrected chi connectivity index (χ0v) is 33.7. The molecule has 2 aromatic rings. The Hall–Kier alpha value is -3.47. The third-order valence-corrected chi connectivity index (χ3v) is 11.7. The quantitative estimate of drug-likeness (QED) is 0.152. The minimum absolute atomic E-state index is 0.0282. The van der Waals surface area contributed by atoms with Crippen LogP contribution in [-0.4, -0.2) is 44.9 Å². The van der Waals surface area contributed by atoms with Gasteiger partial charge in [-0.25, -0.2) is 4.39 Å². The SMILES string of the molecule is CC.CCC1(C)C(C)CCCC1COC.COc1ccc(N=C(C)C)c(C)c1C(=O)NC1C2CCC(C2)C1C.O=CNc1ccc(F)c(C(F)(F)F)c1. The average molecular weight is 750 g/mol. The van der Waals surface area contributed by atoms with E-state index < -0.39 is 17.6 Å². The third-order valence-electron chi connectivity index (χ3n) is 11.7. The molecule has 0 heterocycles. The summed E-state index contributed by atoms with van der Waals surface area (Å²) in [6.45, 7) is 20.3. The summed E-state index contributed by atoms with van der Waals surface area (Å²) in [7, 11) is 3.44. The topological polar surface area (TPSA) is 89.0 Å². The van der Waals surface area contributed by atoms with Crippen molar-refractivity contribution in [2.45, 2.75) is 119 Å². The number of hydrogen-bond donors (Lipinski definition) is 2. The molecule has 53 heavy (non-hydrogen) atoms. The number of nitrogens with one attached hydrogen (secondary N) is 2. The second kappa shape index (κ2) is 20.8. The van der Waals surface area contributed by atoms with Crippen LogP contribution in [0.25, 0.3) is 0 Å². The van der Waals surface area contributed by atoms with Crippen LogP contribution in [0.4, 0.5) is 28.9 Å². The zero-order chi connectivity index (χ0) is 40.1. The molecule has 0 radical (unpaired) electrons. The fraction of sp³-hybridized carbons (Fsp3) is 0.643. The first-order chi connectivity index (χ1) is 25.0. The highest BCUT2D eigenvalue weighted by molar-refractivity contribution is 6.00. The van der Waals surface area contributed by atoms with Crippen molar-refractivity contribution in [1.29, 1.82) is 0 Å². The highest BCUT2D eigenvalue weighted by Gasteiger charge is 2.46. The van der Waals surface area contributed by atoms with Gasteiger partial charge in [-0.3, -0.25) is 14.6 Å². The van der Waals surface area contributed by atoms with Gasteiger partial charge in [-0.1, -0.05) is 60.8 Å². The smallest absolute Gasteiger partial charge is 0.419 e. The first-order valence-corrected chi connectivity index (χ1v) is 19.1. The van der Waals surface area contributed by atoms with E-state index in [1.165, 1.54) is 44.9 Å². The summed E-state index contributed by atoms with van der Waals surface area (Å²) in [6, 6.07) is 6.27. The average Bonchev–Trinajstić information content (AvgIpc) is 3.72. The summed E-state index contributed by atoms with van der Waals surface area (Å²) in [6.07, 6.45) is 4.75. The van der Waals surface area contributed by atoms with Crippen LogP contribution >= 0.6 is 0 Å². The summed E-state index contributed by atoms with van der Waals surface area (Å²) in [5.41, 5.74) is 2.32. The molecule has 0 spiro atoms. The summed E-state index contributed by atoms with van der Waals surface area (Å²) in [4.78, 5) is 27.5. The second-order valence-electron chi connectivity index (χ2n) is 14.8. The Morgan fingerprint density at radius 3 is 2.23 bits per heavy atom. The molecule has 5 rings (SSSR count). The van der Waals surface area contributed by atoms with Crippen molar-refractivity contribution in [3.05, 3.63) is 52.8 Å². The van der Waals surface area contributed by atoms with Crippen LogP contribution < -0.4 is 15.4 Å². The number of methoxy groups -OCH3 is 2. The lowest BCUT2D eigenvalue weighted by atomic mass is 9.60. The Bertz CT molecular complexity index is 1510. The lowest BCUT2D eigenvalue weighted by Crippen LogP contribution is -2.43. The van der Waals surface area contributed by atoms with Gasteiger partial charge in [0, 0.05) is 31.2 Å². The van der Waals surface area contributed by atoms with Gasteiger partial charge >= 0.3 is 6.18 Å². The molecule has 3 aliphatic carbocycles. The van der Waals surface area contributed by atoms with Crippen LogP contribution in [-0.2, 0) is 15.7 Å². The highest BCUT2D eigenvalue weighted by Crippen LogP contribution is 2.49.